The van der Waals surface area contributed by atoms with Gasteiger partial charge in [-0.3, -0.25) is 4.79 Å². The molecule has 0 aliphatic rings. The third-order valence-corrected chi connectivity index (χ3v) is 4.20. The number of ketones is 1. The van der Waals surface area contributed by atoms with E-state index >= 15 is 0 Å². The number of benzene rings is 2. The quantitative estimate of drug-likeness (QED) is 0.559. The van der Waals surface area contributed by atoms with E-state index in [2.05, 4.69) is 4.98 Å². The summed E-state index contributed by atoms with van der Waals surface area (Å²) in [4.78, 5) is 15.7. The fraction of sp³-hybridized carbons (Fsp3) is 0. The van der Waals surface area contributed by atoms with E-state index in [9.17, 15) is 4.79 Å². The number of hydrogen-bond acceptors (Lipinski definition) is 1. The molecule has 0 spiro atoms. The molecule has 1 heterocycles. The minimum Gasteiger partial charge on any atom is -0.360 e. The lowest BCUT2D eigenvalue weighted by Gasteiger charge is -2.04. The molecule has 3 rings (SSSR count). The van der Waals surface area contributed by atoms with Gasteiger partial charge in [0.15, 0.2) is 5.78 Å². The fourth-order valence-corrected chi connectivity index (χ4v) is 3.15. The lowest BCUT2D eigenvalue weighted by Crippen LogP contribution is -2.01. The van der Waals surface area contributed by atoms with E-state index < -0.39 is 0 Å². The molecule has 0 aliphatic heterocycles. The summed E-state index contributed by atoms with van der Waals surface area (Å²) in [5.74, 6) is -0.252. The molecular formula is C15H7Cl4NO. The van der Waals surface area contributed by atoms with E-state index in [1.54, 1.807) is 30.5 Å². The number of carbonyl (C=O) groups excluding carboxylic acids is 1. The molecule has 0 bridgehead atoms. The van der Waals surface area contributed by atoms with E-state index in [0.29, 0.717) is 42.1 Å². The van der Waals surface area contributed by atoms with Crippen LogP contribution in [0, 0.1) is 0 Å². The number of aromatic amines is 1. The Morgan fingerprint density at radius 2 is 1.62 bits per heavy atom. The van der Waals surface area contributed by atoms with E-state index in [1.165, 1.54) is 6.07 Å². The van der Waals surface area contributed by atoms with E-state index in [1.807, 2.05) is 0 Å². The van der Waals surface area contributed by atoms with Gasteiger partial charge in [0.1, 0.15) is 0 Å². The zero-order valence-corrected chi connectivity index (χ0v) is 13.4. The highest BCUT2D eigenvalue weighted by Crippen LogP contribution is 2.33. The second-order valence-corrected chi connectivity index (χ2v) is 6.15. The standard InChI is InChI=1S/C15H7Cl4NO/c16-7-1-2-11(18)9(3-7)15(21)10-6-20-13-5-8(17)4-12(19)14(10)13/h1-6,20H. The highest BCUT2D eigenvalue weighted by atomic mass is 35.5. The molecule has 1 N–H and O–H groups in total. The lowest BCUT2D eigenvalue weighted by atomic mass is 10.0. The summed E-state index contributed by atoms with van der Waals surface area (Å²) in [5, 5.41) is 2.29. The van der Waals surface area contributed by atoms with Crippen LogP contribution in [-0.4, -0.2) is 10.8 Å². The molecule has 21 heavy (non-hydrogen) atoms. The van der Waals surface area contributed by atoms with Crippen molar-refractivity contribution in [1.29, 1.82) is 0 Å². The molecule has 0 aliphatic carbocycles. The average molecular weight is 359 g/mol. The Morgan fingerprint density at radius 1 is 0.857 bits per heavy atom. The van der Waals surface area contributed by atoms with E-state index in [0.717, 1.165) is 0 Å². The maximum absolute atomic E-state index is 12.7. The van der Waals surface area contributed by atoms with Gasteiger partial charge in [-0.25, -0.2) is 0 Å². The van der Waals surface area contributed by atoms with Gasteiger partial charge in [-0.05, 0) is 30.3 Å². The Morgan fingerprint density at radius 3 is 2.38 bits per heavy atom. The predicted octanol–water partition coefficient (Wildman–Crippen LogP) is 6.01. The Kier molecular flexibility index (Phi) is 3.89. The topological polar surface area (TPSA) is 32.9 Å². The minimum atomic E-state index is -0.252. The second-order valence-electron chi connectivity index (χ2n) is 4.47. The summed E-state index contributed by atoms with van der Waals surface area (Å²) in [6.07, 6.45) is 1.59. The van der Waals surface area contributed by atoms with E-state index in [4.69, 9.17) is 46.4 Å². The minimum absolute atomic E-state index is 0.252. The number of aromatic nitrogens is 1. The molecule has 1 aromatic heterocycles. The number of nitrogens with one attached hydrogen (secondary N) is 1. The monoisotopic (exact) mass is 357 g/mol. The molecule has 2 aromatic carbocycles. The molecule has 0 amide bonds. The summed E-state index contributed by atoms with van der Waals surface area (Å²) >= 11 is 24.2. The lowest BCUT2D eigenvalue weighted by molar-refractivity contribution is 0.104. The van der Waals surface area contributed by atoms with Gasteiger partial charge in [0.2, 0.25) is 0 Å². The van der Waals surface area contributed by atoms with Crippen LogP contribution in [0.15, 0.2) is 36.5 Å². The third kappa shape index (κ3) is 2.65. The molecule has 0 radical (unpaired) electrons. The van der Waals surface area contributed by atoms with Gasteiger partial charge in [-0.2, -0.15) is 0 Å². The van der Waals surface area contributed by atoms with Gasteiger partial charge in [0, 0.05) is 38.3 Å². The van der Waals surface area contributed by atoms with Gasteiger partial charge < -0.3 is 4.98 Å². The SMILES string of the molecule is O=C(c1cc(Cl)ccc1Cl)c1c[nH]c2cc(Cl)cc(Cl)c12. The smallest absolute Gasteiger partial charge is 0.196 e. The van der Waals surface area contributed by atoms with Crippen LogP contribution in [0.1, 0.15) is 15.9 Å². The third-order valence-electron chi connectivity index (χ3n) is 3.11. The molecule has 106 valence electrons. The molecule has 2 nitrogen and oxygen atoms in total. The summed E-state index contributed by atoms with van der Waals surface area (Å²) < 4.78 is 0. The van der Waals surface area contributed by atoms with Crippen LogP contribution in [0.2, 0.25) is 20.1 Å². The largest absolute Gasteiger partial charge is 0.360 e. The highest BCUT2D eigenvalue weighted by Gasteiger charge is 2.19. The molecule has 3 aromatic rings. The van der Waals surface area contributed by atoms with Crippen LogP contribution in [-0.2, 0) is 0 Å². The number of halogens is 4. The molecule has 0 atom stereocenters. The Labute approximate surface area is 140 Å². The van der Waals surface area contributed by atoms with Gasteiger partial charge in [0.25, 0.3) is 0 Å². The normalized spacial score (nSPS) is 11.0. The van der Waals surface area contributed by atoms with Crippen molar-refractivity contribution in [2.75, 3.05) is 0 Å². The summed E-state index contributed by atoms with van der Waals surface area (Å²) in [6, 6.07) is 8.05. The summed E-state index contributed by atoms with van der Waals surface area (Å²) in [5.41, 5.74) is 1.45. The van der Waals surface area contributed by atoms with Crippen LogP contribution < -0.4 is 0 Å². The maximum Gasteiger partial charge on any atom is 0.196 e. The molecule has 0 saturated carbocycles. The molecular weight excluding hydrogens is 352 g/mol. The van der Waals surface area contributed by atoms with Crippen molar-refractivity contribution < 1.29 is 4.79 Å². The molecule has 6 heteroatoms. The number of fused-ring (bicyclic) bond motifs is 1. The number of carbonyl (C=O) groups is 1. The van der Waals surface area contributed by atoms with Crippen LogP contribution >= 0.6 is 46.4 Å². The van der Waals surface area contributed by atoms with Gasteiger partial charge in [0.05, 0.1) is 10.0 Å². The first-order valence-electron chi connectivity index (χ1n) is 5.93. The number of H-pyrrole nitrogens is 1. The van der Waals surface area contributed by atoms with Crippen molar-refractivity contribution >= 4 is 63.1 Å². The molecule has 0 saturated heterocycles. The number of rotatable bonds is 2. The predicted molar refractivity (Wildman–Crippen MR) is 88.2 cm³/mol. The Balaban J connectivity index is 2.21. The van der Waals surface area contributed by atoms with Crippen molar-refractivity contribution in [3.05, 3.63) is 67.7 Å². The maximum atomic E-state index is 12.7. The van der Waals surface area contributed by atoms with Crippen molar-refractivity contribution in [3.63, 3.8) is 0 Å². The van der Waals surface area contributed by atoms with Crippen LogP contribution in [0.25, 0.3) is 10.9 Å². The Bertz CT molecular complexity index is 869. The zero-order valence-electron chi connectivity index (χ0n) is 10.4. The molecule has 0 unspecified atom stereocenters. The van der Waals surface area contributed by atoms with Crippen molar-refractivity contribution in [2.45, 2.75) is 0 Å². The summed E-state index contributed by atoms with van der Waals surface area (Å²) in [7, 11) is 0. The van der Waals surface area contributed by atoms with Crippen LogP contribution in [0.4, 0.5) is 0 Å². The van der Waals surface area contributed by atoms with E-state index in [-0.39, 0.29) is 5.78 Å². The molecule has 0 fully saturated rings. The second kappa shape index (κ2) is 5.54. The van der Waals surface area contributed by atoms with Crippen molar-refractivity contribution in [1.82, 2.24) is 4.98 Å². The average Bonchev–Trinajstić information content (AvgIpc) is 2.84. The fourth-order valence-electron chi connectivity index (χ4n) is 2.18. The van der Waals surface area contributed by atoms with Crippen LogP contribution in [0.3, 0.4) is 0 Å². The highest BCUT2D eigenvalue weighted by molar-refractivity contribution is 6.41. The first kappa shape index (κ1) is 14.7. The van der Waals surface area contributed by atoms with Gasteiger partial charge >= 0.3 is 0 Å². The zero-order chi connectivity index (χ0) is 15.1. The first-order chi connectivity index (χ1) is 9.97. The summed E-state index contributed by atoms with van der Waals surface area (Å²) in [6.45, 7) is 0. The van der Waals surface area contributed by atoms with Crippen molar-refractivity contribution in [2.24, 2.45) is 0 Å². The van der Waals surface area contributed by atoms with Crippen molar-refractivity contribution in [3.8, 4) is 0 Å². The van der Waals surface area contributed by atoms with Gasteiger partial charge in [-0.1, -0.05) is 46.4 Å². The Hall–Kier alpha value is -1.19. The number of hydrogen-bond donors (Lipinski definition) is 1. The van der Waals surface area contributed by atoms with Crippen LogP contribution in [0.5, 0.6) is 0 Å². The first-order valence-corrected chi connectivity index (χ1v) is 7.44. The van der Waals surface area contributed by atoms with Gasteiger partial charge in [-0.15, -0.1) is 0 Å².